The van der Waals surface area contributed by atoms with E-state index in [1.165, 1.54) is 0 Å². The third-order valence-electron chi connectivity index (χ3n) is 4.24. The Morgan fingerprint density at radius 3 is 2.67 bits per heavy atom. The van der Waals surface area contributed by atoms with Gasteiger partial charge in [0.05, 0.1) is 12.6 Å². The number of nitrogens with one attached hydrogen (secondary N) is 1. The molecule has 0 bridgehead atoms. The Bertz CT molecular complexity index is 361. The third kappa shape index (κ3) is 2.00. The molecule has 0 spiro atoms. The average Bonchev–Trinajstić information content (AvgIpc) is 3.20. The van der Waals surface area contributed by atoms with Crippen LogP contribution in [0.3, 0.4) is 0 Å². The zero-order valence-electron chi connectivity index (χ0n) is 10.7. The van der Waals surface area contributed by atoms with Crippen LogP contribution in [-0.4, -0.2) is 48.1 Å². The van der Waals surface area contributed by atoms with Crippen LogP contribution < -0.4 is 5.32 Å². The van der Waals surface area contributed by atoms with Gasteiger partial charge in [0.25, 0.3) is 0 Å². The van der Waals surface area contributed by atoms with Crippen LogP contribution >= 0.6 is 0 Å². The van der Waals surface area contributed by atoms with Gasteiger partial charge in [-0.25, -0.2) is 0 Å². The smallest absolute Gasteiger partial charge is 0.246 e. The molecule has 18 heavy (non-hydrogen) atoms. The summed E-state index contributed by atoms with van der Waals surface area (Å²) in [5.41, 5.74) is 0. The van der Waals surface area contributed by atoms with Crippen molar-refractivity contribution in [2.24, 2.45) is 5.92 Å². The van der Waals surface area contributed by atoms with Gasteiger partial charge < -0.3 is 15.0 Å². The molecule has 0 radical (unpaired) electrons. The van der Waals surface area contributed by atoms with E-state index in [0.29, 0.717) is 12.5 Å². The number of amides is 2. The second-order valence-electron chi connectivity index (χ2n) is 5.62. The van der Waals surface area contributed by atoms with Gasteiger partial charge in [0.1, 0.15) is 12.1 Å². The molecule has 1 saturated carbocycles. The molecular weight excluding hydrogens is 232 g/mol. The zero-order valence-corrected chi connectivity index (χ0v) is 10.7. The van der Waals surface area contributed by atoms with Gasteiger partial charge in [0.15, 0.2) is 0 Å². The molecule has 5 heteroatoms. The lowest BCUT2D eigenvalue weighted by atomic mass is 9.99. The second kappa shape index (κ2) is 4.53. The number of hydrogen-bond acceptors (Lipinski definition) is 3. The maximum absolute atomic E-state index is 12.5. The van der Waals surface area contributed by atoms with E-state index in [-0.39, 0.29) is 29.9 Å². The highest BCUT2D eigenvalue weighted by molar-refractivity contribution is 5.97. The summed E-state index contributed by atoms with van der Waals surface area (Å²) in [4.78, 5) is 26.3. The van der Waals surface area contributed by atoms with E-state index in [9.17, 15) is 9.59 Å². The van der Waals surface area contributed by atoms with Crippen molar-refractivity contribution in [1.29, 1.82) is 0 Å². The summed E-state index contributed by atoms with van der Waals surface area (Å²) < 4.78 is 5.45. The number of rotatable bonds is 2. The predicted octanol–water partition coefficient (Wildman–Crippen LogP) is 0.291. The largest absolute Gasteiger partial charge is 0.379 e. The Hall–Kier alpha value is -1.10. The van der Waals surface area contributed by atoms with Crippen LogP contribution in [0.2, 0.25) is 0 Å². The zero-order chi connectivity index (χ0) is 12.7. The van der Waals surface area contributed by atoms with Crippen LogP contribution in [0.15, 0.2) is 0 Å². The van der Waals surface area contributed by atoms with Crippen LogP contribution in [-0.2, 0) is 14.3 Å². The molecule has 3 rings (SSSR count). The van der Waals surface area contributed by atoms with Crippen LogP contribution in [0.25, 0.3) is 0 Å². The average molecular weight is 252 g/mol. The molecule has 3 unspecified atom stereocenters. The van der Waals surface area contributed by atoms with E-state index in [1.54, 1.807) is 4.90 Å². The van der Waals surface area contributed by atoms with Crippen molar-refractivity contribution < 1.29 is 14.3 Å². The molecule has 2 heterocycles. The van der Waals surface area contributed by atoms with Gasteiger partial charge in [-0.2, -0.15) is 0 Å². The van der Waals surface area contributed by atoms with Crippen molar-refractivity contribution in [2.45, 2.75) is 50.7 Å². The first-order chi connectivity index (χ1) is 8.68. The summed E-state index contributed by atoms with van der Waals surface area (Å²) in [7, 11) is 0. The standard InChI is InChI=1S/C13H20N2O3/c1-8-12(16)14-11(9-4-5-9)13(17)15(8)10-3-2-6-18-7-10/h8-11H,2-7H2,1H3,(H,14,16). The van der Waals surface area contributed by atoms with Crippen molar-refractivity contribution in [3.63, 3.8) is 0 Å². The molecule has 0 aromatic carbocycles. The first-order valence-corrected chi connectivity index (χ1v) is 6.89. The van der Waals surface area contributed by atoms with E-state index in [4.69, 9.17) is 4.74 Å². The first kappa shape index (κ1) is 12.0. The van der Waals surface area contributed by atoms with E-state index in [2.05, 4.69) is 5.32 Å². The minimum absolute atomic E-state index is 0.0166. The molecule has 1 aliphatic carbocycles. The number of carbonyl (C=O) groups excluding carboxylic acids is 2. The molecule has 5 nitrogen and oxygen atoms in total. The molecule has 0 aromatic heterocycles. The molecular formula is C13H20N2O3. The molecule has 1 N–H and O–H groups in total. The third-order valence-corrected chi connectivity index (χ3v) is 4.24. The Labute approximate surface area is 107 Å². The highest BCUT2D eigenvalue weighted by Crippen LogP contribution is 2.35. The minimum Gasteiger partial charge on any atom is -0.379 e. The topological polar surface area (TPSA) is 58.6 Å². The normalized spacial score (nSPS) is 37.6. The monoisotopic (exact) mass is 252 g/mol. The maximum atomic E-state index is 12.5. The summed E-state index contributed by atoms with van der Waals surface area (Å²) in [5, 5.41) is 2.88. The fourth-order valence-electron chi connectivity index (χ4n) is 3.00. The summed E-state index contributed by atoms with van der Waals surface area (Å²) in [6, 6.07) is -0.566. The highest BCUT2D eigenvalue weighted by Gasteiger charge is 2.47. The lowest BCUT2D eigenvalue weighted by Crippen LogP contribution is -2.66. The van der Waals surface area contributed by atoms with Crippen molar-refractivity contribution in [3.8, 4) is 0 Å². The Morgan fingerprint density at radius 2 is 2.06 bits per heavy atom. The van der Waals surface area contributed by atoms with Gasteiger partial charge in [-0.15, -0.1) is 0 Å². The molecule has 2 amide bonds. The van der Waals surface area contributed by atoms with Crippen LogP contribution in [0, 0.1) is 5.92 Å². The Morgan fingerprint density at radius 1 is 1.28 bits per heavy atom. The maximum Gasteiger partial charge on any atom is 0.246 e. The van der Waals surface area contributed by atoms with E-state index < -0.39 is 0 Å². The number of nitrogens with zero attached hydrogens (tertiary/aromatic N) is 1. The van der Waals surface area contributed by atoms with Crippen LogP contribution in [0.4, 0.5) is 0 Å². The Kier molecular flexibility index (Phi) is 3.01. The van der Waals surface area contributed by atoms with E-state index in [1.807, 2.05) is 6.92 Å². The van der Waals surface area contributed by atoms with E-state index >= 15 is 0 Å². The SMILES string of the molecule is CC1C(=O)NC(C2CC2)C(=O)N1C1CCCOC1. The second-order valence-corrected chi connectivity index (χ2v) is 5.62. The van der Waals surface area contributed by atoms with E-state index in [0.717, 1.165) is 32.3 Å². The number of piperazine rings is 1. The highest BCUT2D eigenvalue weighted by atomic mass is 16.5. The molecule has 3 aliphatic rings. The Balaban J connectivity index is 1.79. The fourth-order valence-corrected chi connectivity index (χ4v) is 3.00. The van der Waals surface area contributed by atoms with Crippen molar-refractivity contribution in [3.05, 3.63) is 0 Å². The predicted molar refractivity (Wildman–Crippen MR) is 64.8 cm³/mol. The molecule has 3 atom stereocenters. The van der Waals surface area contributed by atoms with Gasteiger partial charge in [0, 0.05) is 6.61 Å². The lowest BCUT2D eigenvalue weighted by Gasteiger charge is -2.43. The summed E-state index contributed by atoms with van der Waals surface area (Å²) in [6.45, 7) is 3.15. The van der Waals surface area contributed by atoms with Crippen LogP contribution in [0.5, 0.6) is 0 Å². The quantitative estimate of drug-likeness (QED) is 0.768. The van der Waals surface area contributed by atoms with Gasteiger partial charge in [-0.05, 0) is 38.5 Å². The summed E-state index contributed by atoms with van der Waals surface area (Å²) >= 11 is 0. The number of carbonyl (C=O) groups is 2. The van der Waals surface area contributed by atoms with Crippen molar-refractivity contribution >= 4 is 11.8 Å². The van der Waals surface area contributed by atoms with Gasteiger partial charge in [-0.1, -0.05) is 0 Å². The molecule has 2 saturated heterocycles. The van der Waals surface area contributed by atoms with Crippen molar-refractivity contribution in [1.82, 2.24) is 10.2 Å². The minimum atomic E-state index is -0.362. The summed E-state index contributed by atoms with van der Waals surface area (Å²) in [5.74, 6) is 0.443. The lowest BCUT2D eigenvalue weighted by molar-refractivity contribution is -0.155. The fraction of sp³-hybridized carbons (Fsp3) is 0.846. The molecule has 0 aromatic rings. The molecule has 3 fully saturated rings. The molecule has 2 aliphatic heterocycles. The van der Waals surface area contributed by atoms with Gasteiger partial charge in [-0.3, -0.25) is 9.59 Å². The number of ether oxygens (including phenoxy) is 1. The van der Waals surface area contributed by atoms with Crippen LogP contribution in [0.1, 0.15) is 32.6 Å². The number of hydrogen-bond donors (Lipinski definition) is 1. The van der Waals surface area contributed by atoms with Gasteiger partial charge >= 0.3 is 0 Å². The summed E-state index contributed by atoms with van der Waals surface area (Å²) in [6.07, 6.45) is 4.03. The first-order valence-electron chi connectivity index (χ1n) is 6.89. The van der Waals surface area contributed by atoms with Gasteiger partial charge in [0.2, 0.25) is 11.8 Å². The van der Waals surface area contributed by atoms with Crippen molar-refractivity contribution in [2.75, 3.05) is 13.2 Å². The molecule has 100 valence electrons.